The number of carbonyl (C=O) groups excluding carboxylic acids is 1. The molecule has 2 heterocycles. The van der Waals surface area contributed by atoms with E-state index in [4.69, 9.17) is 4.98 Å². The minimum atomic E-state index is -3.69. The number of sulfonamides is 1. The van der Waals surface area contributed by atoms with E-state index in [0.29, 0.717) is 30.3 Å². The van der Waals surface area contributed by atoms with Crippen molar-refractivity contribution in [2.75, 3.05) is 18.0 Å². The molecule has 0 unspecified atom stereocenters. The molecule has 4 aromatic rings. The molecule has 7 nitrogen and oxygen atoms in total. The topological polar surface area (TPSA) is 83.5 Å². The number of para-hydroxylation sites is 1. The van der Waals surface area contributed by atoms with Gasteiger partial charge in [0, 0.05) is 31.0 Å². The maximum absolute atomic E-state index is 13.8. The zero-order valence-corrected chi connectivity index (χ0v) is 24.1. The first-order chi connectivity index (χ1) is 18.1. The number of benzene rings is 2. The molecule has 9 heteroatoms. The number of aryl methyl sites for hydroxylation is 1. The van der Waals surface area contributed by atoms with Crippen LogP contribution in [0, 0.1) is 18.8 Å². The highest BCUT2D eigenvalue weighted by Crippen LogP contribution is 2.32. The zero-order valence-electron chi connectivity index (χ0n) is 22.5. The molecular weight excluding hydrogens is 516 g/mol. The minimum Gasteiger partial charge on any atom is -0.279 e. The molecule has 0 aliphatic heterocycles. The van der Waals surface area contributed by atoms with E-state index in [1.165, 1.54) is 27.8 Å². The van der Waals surface area contributed by atoms with Gasteiger partial charge in [-0.15, -0.1) is 0 Å². The summed E-state index contributed by atoms with van der Waals surface area (Å²) in [6, 6.07) is 16.0. The highest BCUT2D eigenvalue weighted by Gasteiger charge is 2.27. The van der Waals surface area contributed by atoms with Gasteiger partial charge < -0.3 is 0 Å². The van der Waals surface area contributed by atoms with Crippen molar-refractivity contribution in [3.63, 3.8) is 0 Å². The molecule has 0 aliphatic carbocycles. The molecule has 2 aromatic carbocycles. The van der Waals surface area contributed by atoms with E-state index >= 15 is 0 Å². The van der Waals surface area contributed by atoms with Crippen LogP contribution < -0.4 is 4.90 Å². The first kappa shape index (κ1) is 27.9. The average Bonchev–Trinajstić information content (AvgIpc) is 3.32. The Bertz CT molecular complexity index is 1490. The predicted molar refractivity (Wildman–Crippen MR) is 154 cm³/mol. The van der Waals surface area contributed by atoms with E-state index in [9.17, 15) is 13.2 Å². The van der Waals surface area contributed by atoms with Crippen LogP contribution in [0.15, 0.2) is 71.9 Å². The number of aromatic nitrogens is 2. The molecule has 0 bridgehead atoms. The SMILES string of the molecule is Cc1cccc2sc(N(Cc3cccnc3)C(=O)c3ccc(S(=O)(=O)N(CC(C)C)CC(C)C)cc3)nc12. The summed E-state index contributed by atoms with van der Waals surface area (Å²) in [6.45, 7) is 11.2. The summed E-state index contributed by atoms with van der Waals surface area (Å²) >= 11 is 1.46. The summed E-state index contributed by atoms with van der Waals surface area (Å²) in [5, 5.41) is 0.583. The number of hydrogen-bond donors (Lipinski definition) is 0. The van der Waals surface area contributed by atoms with Gasteiger partial charge in [-0.05, 0) is 66.3 Å². The molecule has 0 aliphatic rings. The fraction of sp³-hybridized carbons (Fsp3) is 0.345. The van der Waals surface area contributed by atoms with E-state index < -0.39 is 10.0 Å². The molecule has 0 saturated heterocycles. The van der Waals surface area contributed by atoms with Crippen LogP contribution in [0.3, 0.4) is 0 Å². The Balaban J connectivity index is 1.67. The van der Waals surface area contributed by atoms with Gasteiger partial charge in [-0.25, -0.2) is 13.4 Å². The number of fused-ring (bicyclic) bond motifs is 1. The van der Waals surface area contributed by atoms with Crippen molar-refractivity contribution in [2.45, 2.75) is 46.1 Å². The summed E-state index contributed by atoms with van der Waals surface area (Å²) < 4.78 is 29.4. The fourth-order valence-electron chi connectivity index (χ4n) is 4.25. The van der Waals surface area contributed by atoms with Crippen LogP contribution in [0.4, 0.5) is 5.13 Å². The van der Waals surface area contributed by atoms with E-state index in [1.54, 1.807) is 29.4 Å². The predicted octanol–water partition coefficient (Wildman–Crippen LogP) is 6.15. The molecular formula is C29H34N4O3S2. The molecule has 0 fully saturated rings. The Labute approximate surface area is 229 Å². The second kappa shape index (κ2) is 11.7. The van der Waals surface area contributed by atoms with Crippen LogP contribution in [0.25, 0.3) is 10.2 Å². The van der Waals surface area contributed by atoms with Crippen LogP contribution in [-0.2, 0) is 16.6 Å². The van der Waals surface area contributed by atoms with Gasteiger partial charge >= 0.3 is 0 Å². The molecule has 0 saturated carbocycles. The van der Waals surface area contributed by atoms with Crippen LogP contribution in [-0.4, -0.2) is 41.7 Å². The lowest BCUT2D eigenvalue weighted by Gasteiger charge is -2.26. The highest BCUT2D eigenvalue weighted by atomic mass is 32.2. The Morgan fingerprint density at radius 2 is 1.63 bits per heavy atom. The summed E-state index contributed by atoms with van der Waals surface area (Å²) in [5.41, 5.74) is 3.17. The molecule has 0 N–H and O–H groups in total. The van der Waals surface area contributed by atoms with Gasteiger partial charge in [0.2, 0.25) is 10.0 Å². The number of carbonyl (C=O) groups is 1. The van der Waals surface area contributed by atoms with Crippen LogP contribution >= 0.6 is 11.3 Å². The average molecular weight is 551 g/mol. The van der Waals surface area contributed by atoms with Gasteiger partial charge in [-0.3, -0.25) is 14.7 Å². The van der Waals surface area contributed by atoms with Crippen molar-refractivity contribution >= 4 is 42.6 Å². The Hall–Kier alpha value is -3.14. The maximum atomic E-state index is 13.8. The number of nitrogens with zero attached hydrogens (tertiary/aromatic N) is 4. The summed E-state index contributed by atoms with van der Waals surface area (Å²) in [5.74, 6) is 0.140. The number of anilines is 1. The number of hydrogen-bond acceptors (Lipinski definition) is 6. The highest BCUT2D eigenvalue weighted by molar-refractivity contribution is 7.89. The first-order valence-electron chi connectivity index (χ1n) is 12.7. The summed E-state index contributed by atoms with van der Waals surface area (Å²) in [6.07, 6.45) is 3.42. The van der Waals surface area contributed by atoms with Crippen molar-refractivity contribution in [1.82, 2.24) is 14.3 Å². The van der Waals surface area contributed by atoms with Crippen molar-refractivity contribution in [3.05, 3.63) is 83.7 Å². The van der Waals surface area contributed by atoms with Crippen LogP contribution in [0.2, 0.25) is 0 Å². The standard InChI is InChI=1S/C29H34N4O3S2/c1-20(2)17-32(18-21(3)4)38(35,36)25-13-11-24(12-14-25)28(34)33(19-23-9-7-15-30-16-23)29-31-27-22(5)8-6-10-26(27)37-29/h6-16,20-21H,17-19H2,1-5H3. The fourth-order valence-corrected chi connectivity index (χ4v) is 7.06. The monoisotopic (exact) mass is 550 g/mol. The van der Waals surface area contributed by atoms with Gasteiger partial charge in [0.05, 0.1) is 21.7 Å². The Morgan fingerprint density at radius 3 is 2.21 bits per heavy atom. The lowest BCUT2D eigenvalue weighted by Crippen LogP contribution is -2.37. The largest absolute Gasteiger partial charge is 0.279 e. The molecule has 200 valence electrons. The molecule has 0 spiro atoms. The molecule has 1 amide bonds. The second-order valence-electron chi connectivity index (χ2n) is 10.3. The van der Waals surface area contributed by atoms with Gasteiger partial charge in [0.15, 0.2) is 5.13 Å². The minimum absolute atomic E-state index is 0.185. The van der Waals surface area contributed by atoms with Crippen molar-refractivity contribution < 1.29 is 13.2 Å². The van der Waals surface area contributed by atoms with E-state index in [0.717, 1.165) is 21.3 Å². The maximum Gasteiger partial charge on any atom is 0.260 e. The number of pyridine rings is 1. The summed E-state index contributed by atoms with van der Waals surface area (Å²) in [4.78, 5) is 24.6. The number of thiazole rings is 1. The third kappa shape index (κ3) is 6.28. The molecule has 38 heavy (non-hydrogen) atoms. The molecule has 0 radical (unpaired) electrons. The Morgan fingerprint density at radius 1 is 0.947 bits per heavy atom. The molecule has 4 rings (SSSR count). The van der Waals surface area contributed by atoms with Gasteiger partial charge in [-0.2, -0.15) is 4.31 Å². The van der Waals surface area contributed by atoms with Gasteiger partial charge in [-0.1, -0.05) is 57.2 Å². The van der Waals surface area contributed by atoms with Crippen molar-refractivity contribution in [2.24, 2.45) is 11.8 Å². The van der Waals surface area contributed by atoms with Crippen molar-refractivity contribution in [3.8, 4) is 0 Å². The zero-order chi connectivity index (χ0) is 27.4. The summed E-state index contributed by atoms with van der Waals surface area (Å²) in [7, 11) is -3.69. The number of rotatable bonds is 10. The van der Waals surface area contributed by atoms with Gasteiger partial charge in [0.1, 0.15) is 0 Å². The van der Waals surface area contributed by atoms with E-state index in [-0.39, 0.29) is 22.6 Å². The Kier molecular flexibility index (Phi) is 8.60. The van der Waals surface area contributed by atoms with E-state index in [1.807, 2.05) is 65.0 Å². The van der Waals surface area contributed by atoms with Crippen LogP contribution in [0.1, 0.15) is 49.2 Å². The van der Waals surface area contributed by atoms with Crippen molar-refractivity contribution in [1.29, 1.82) is 0 Å². The lowest BCUT2D eigenvalue weighted by atomic mass is 10.2. The second-order valence-corrected chi connectivity index (χ2v) is 13.3. The lowest BCUT2D eigenvalue weighted by molar-refractivity contribution is 0.0985. The van der Waals surface area contributed by atoms with E-state index in [2.05, 4.69) is 4.98 Å². The quantitative estimate of drug-likeness (QED) is 0.237. The molecule has 0 atom stereocenters. The smallest absolute Gasteiger partial charge is 0.260 e. The third-order valence-corrected chi connectivity index (χ3v) is 8.92. The first-order valence-corrected chi connectivity index (χ1v) is 15.0. The van der Waals surface area contributed by atoms with Crippen LogP contribution in [0.5, 0.6) is 0 Å². The van der Waals surface area contributed by atoms with Gasteiger partial charge in [0.25, 0.3) is 5.91 Å². The third-order valence-electron chi connectivity index (χ3n) is 6.03. The molecule has 2 aromatic heterocycles. The normalized spacial score (nSPS) is 12.1. The number of amides is 1.